The smallest absolute Gasteiger partial charge is 0.196 e. The summed E-state index contributed by atoms with van der Waals surface area (Å²) in [5, 5.41) is 18.0. The van der Waals surface area contributed by atoms with E-state index in [4.69, 9.17) is 103 Å². The van der Waals surface area contributed by atoms with Crippen molar-refractivity contribution in [3.05, 3.63) is 408 Å². The molecule has 0 amide bonds. The number of nitrogens with zero attached hydrogens (tertiary/aromatic N) is 4. The summed E-state index contributed by atoms with van der Waals surface area (Å²) in [7, 11) is 0. The van der Waals surface area contributed by atoms with E-state index in [0.717, 1.165) is 103 Å². The number of anilines is 18. The van der Waals surface area contributed by atoms with E-state index >= 15 is 0 Å². The molecule has 23 aromatic rings. The van der Waals surface area contributed by atoms with Gasteiger partial charge in [-0.15, -0.1) is 0 Å². The number of nitrogens with two attached hydrogens (primary N) is 18. The van der Waals surface area contributed by atoms with Crippen LogP contribution in [-0.4, -0.2) is 43.1 Å². The number of hydrogen-bond acceptors (Lipinski definition) is 26. The first-order chi connectivity index (χ1) is 67.5. The van der Waals surface area contributed by atoms with Gasteiger partial charge in [0, 0.05) is 60.5 Å². The number of carbonyl (C=O) groups is 4. The predicted octanol–water partition coefficient (Wildman–Crippen LogP) is 20.6. The molecular weight excluding hydrogens is 1740 g/mol. The lowest BCUT2D eigenvalue weighted by Crippen LogP contribution is -2.22. The molecule has 2 aliphatic carbocycles. The highest BCUT2D eigenvalue weighted by molar-refractivity contribution is 6.31. The summed E-state index contributed by atoms with van der Waals surface area (Å²) in [6, 6.07) is 114. The molecule has 0 fully saturated rings. The highest BCUT2D eigenvalue weighted by atomic mass is 16.1. The molecule has 0 atom stereocenters. The third-order valence-corrected chi connectivity index (χ3v) is 24.3. The fourth-order valence-electron chi connectivity index (χ4n) is 16.7. The Balaban J connectivity index is 0.000000109. The van der Waals surface area contributed by atoms with Crippen molar-refractivity contribution in [1.29, 1.82) is 0 Å². The van der Waals surface area contributed by atoms with E-state index in [-0.39, 0.29) is 34.4 Å². The van der Waals surface area contributed by atoms with Gasteiger partial charge in [0.05, 0.1) is 147 Å². The molecule has 140 heavy (non-hydrogen) atoms. The van der Waals surface area contributed by atoms with Crippen LogP contribution in [0.5, 0.6) is 0 Å². The number of benzene rings is 21. The van der Waals surface area contributed by atoms with Crippen molar-refractivity contribution in [2.75, 3.05) is 103 Å². The van der Waals surface area contributed by atoms with Crippen LogP contribution < -0.4 is 103 Å². The molecule has 26 heteroatoms. The molecular formula is C114H96N22O4. The zero-order chi connectivity index (χ0) is 98.4. The maximum atomic E-state index is 12.3. The molecule has 0 aliphatic heterocycles. The highest BCUT2D eigenvalue weighted by Gasteiger charge is 2.33. The van der Waals surface area contributed by atoms with Crippen LogP contribution in [0.1, 0.15) is 63.7 Å². The Morgan fingerprint density at radius 2 is 0.429 bits per heavy atom. The van der Waals surface area contributed by atoms with Gasteiger partial charge in [0.15, 0.2) is 23.1 Å². The lowest BCUT2D eigenvalue weighted by molar-refractivity contribution is 0.0979. The first-order valence-electron chi connectivity index (χ1n) is 44.1. The van der Waals surface area contributed by atoms with E-state index in [1.54, 1.807) is 78.9 Å². The van der Waals surface area contributed by atoms with Crippen LogP contribution in [0.15, 0.2) is 364 Å². The zero-order valence-electron chi connectivity index (χ0n) is 75.5. The second-order valence-corrected chi connectivity index (χ2v) is 33.3. The largest absolute Gasteiger partial charge is 0.397 e. The van der Waals surface area contributed by atoms with Crippen LogP contribution in [-0.2, 0) is 0 Å². The van der Waals surface area contributed by atoms with Gasteiger partial charge in [-0.2, -0.15) is 0 Å². The van der Waals surface area contributed by atoms with Crippen molar-refractivity contribution in [2.24, 2.45) is 0 Å². The lowest BCUT2D eigenvalue weighted by Gasteiger charge is -2.19. The number of fused-ring (bicyclic) bond motifs is 17. The number of aromatic nitrogens is 4. The van der Waals surface area contributed by atoms with Crippen molar-refractivity contribution < 1.29 is 19.2 Å². The van der Waals surface area contributed by atoms with E-state index in [0.29, 0.717) is 141 Å². The van der Waals surface area contributed by atoms with Crippen molar-refractivity contribution in [1.82, 2.24) is 19.9 Å². The molecule has 0 saturated carbocycles. The Labute approximate surface area is 801 Å². The predicted molar refractivity (Wildman–Crippen MR) is 585 cm³/mol. The van der Waals surface area contributed by atoms with Crippen LogP contribution in [0.4, 0.5) is 102 Å². The van der Waals surface area contributed by atoms with Gasteiger partial charge in [-0.3, -0.25) is 19.2 Å². The molecule has 21 aromatic carbocycles. The van der Waals surface area contributed by atoms with Crippen molar-refractivity contribution >= 4 is 256 Å². The molecule has 25 rings (SSSR count). The Kier molecular flexibility index (Phi) is 25.6. The van der Waals surface area contributed by atoms with Gasteiger partial charge in [-0.1, -0.05) is 231 Å². The SMILES string of the molecule is Nc1c(N)c2ccccc2c2ccccc12.Nc1cc2c(cc1N)C(=O)c1ccccc1C2=O.Nc1cc2cc3ccccc3cc2cc1N.Nc1cc2ccccc2cc1N.Nc1cc2nc3ccccc3nc2cc1N.Nc1ccc2c(c1N)C(=O)c1ccccc1C2=O.Nc1ccc2cc3ccccc3cc2c1N.Nc1ccc2ccccc2c1N.Nc1ccc2nc3ccccc3nc2c1N. The van der Waals surface area contributed by atoms with Gasteiger partial charge in [0.1, 0.15) is 5.52 Å². The molecule has 2 aliphatic rings. The van der Waals surface area contributed by atoms with Gasteiger partial charge in [-0.05, 0) is 198 Å². The first kappa shape index (κ1) is 91.9. The van der Waals surface area contributed by atoms with E-state index in [2.05, 4.69) is 80.6 Å². The van der Waals surface area contributed by atoms with Crippen LogP contribution in [0.3, 0.4) is 0 Å². The third-order valence-electron chi connectivity index (χ3n) is 24.3. The molecule has 2 aromatic heterocycles. The zero-order valence-corrected chi connectivity index (χ0v) is 75.5. The average Bonchev–Trinajstić information content (AvgIpc) is 0.743. The Morgan fingerprint density at radius 1 is 0.143 bits per heavy atom. The molecule has 0 saturated heterocycles. The van der Waals surface area contributed by atoms with E-state index in [1.807, 2.05) is 212 Å². The number of rotatable bonds is 0. The minimum atomic E-state index is -0.245. The van der Waals surface area contributed by atoms with E-state index < -0.39 is 0 Å². The molecule has 36 N–H and O–H groups in total. The summed E-state index contributed by atoms with van der Waals surface area (Å²) in [6.07, 6.45) is 0. The fourth-order valence-corrected chi connectivity index (χ4v) is 16.7. The van der Waals surface area contributed by atoms with Gasteiger partial charge in [0.2, 0.25) is 0 Å². The second-order valence-electron chi connectivity index (χ2n) is 33.3. The molecule has 0 spiro atoms. The summed E-state index contributed by atoms with van der Waals surface area (Å²) in [5.74, 6) is -0.810. The molecule has 0 bridgehead atoms. The minimum absolute atomic E-state index is 0.181. The van der Waals surface area contributed by atoms with Crippen LogP contribution >= 0.6 is 0 Å². The van der Waals surface area contributed by atoms with E-state index in [1.165, 1.54) is 33.7 Å². The maximum Gasteiger partial charge on any atom is 0.196 e. The topological polar surface area (TPSA) is 588 Å². The van der Waals surface area contributed by atoms with Gasteiger partial charge in [0.25, 0.3) is 0 Å². The highest BCUT2D eigenvalue weighted by Crippen LogP contribution is 2.40. The van der Waals surface area contributed by atoms with E-state index in [9.17, 15) is 19.2 Å². The maximum absolute atomic E-state index is 12.3. The first-order valence-corrected chi connectivity index (χ1v) is 44.1. The number of nitrogen functional groups attached to an aromatic ring is 18. The third kappa shape index (κ3) is 18.7. The summed E-state index contributed by atoms with van der Waals surface area (Å²) in [4.78, 5) is 67.1. The summed E-state index contributed by atoms with van der Waals surface area (Å²) >= 11 is 0. The number of carbonyl (C=O) groups excluding carboxylic acids is 4. The van der Waals surface area contributed by atoms with Crippen molar-refractivity contribution in [3.63, 3.8) is 0 Å². The van der Waals surface area contributed by atoms with Gasteiger partial charge < -0.3 is 103 Å². The fraction of sp³-hybridized carbons (Fsp3) is 0. The molecule has 686 valence electrons. The molecule has 0 radical (unpaired) electrons. The van der Waals surface area contributed by atoms with Crippen LogP contribution in [0.25, 0.3) is 130 Å². The monoisotopic (exact) mass is 1840 g/mol. The van der Waals surface area contributed by atoms with Crippen molar-refractivity contribution in [3.8, 4) is 0 Å². The summed E-state index contributed by atoms with van der Waals surface area (Å²) < 4.78 is 0. The number of para-hydroxylation sites is 4. The minimum Gasteiger partial charge on any atom is -0.397 e. The van der Waals surface area contributed by atoms with Gasteiger partial charge in [-0.25, -0.2) is 19.9 Å². The Hall–Kier alpha value is -20.0. The number of ketones is 4. The standard InChI is InChI=1S/2C14H10N2O2.3C14H12N2.2C12H10N4.2C10H10N2/c15-11-5-9-10(6-12(11)16)14(18)8-4-2-1-3-7(8)13(9)17;15-10-6-5-9-11(12(10)16)14(18)8-4-2-1-3-7(8)13(9)17;15-13-11-7-3-1-5-9(11)10-6-2-4-8-12(10)14(13)16;15-13-7-11-5-9-3-1-2-4-10(9)6-12(11)8-14(13)16;15-13-6-5-11-7-9-3-1-2-4-10(9)8-12(11)14(13)16;13-7-5-11-12(6-8(7)14)16-10-4-2-1-3-9(10)15-11;13-7-5-6-10-12(11(7)14)16-9-4-2-1-3-8(9)15-10;11-9-5-7-3-1-2-4-8(7)6-10(9)12;11-9-6-5-7-3-1-2-4-8(7)10(9)12/h2*1-6H,15-16H2;3*1-8H,15-16H2;2*1-6H,13-14H2;2*1-6H,11-12H2. The number of hydrogen-bond donors (Lipinski definition) is 18. The van der Waals surface area contributed by atoms with Gasteiger partial charge >= 0.3 is 0 Å². The Morgan fingerprint density at radius 3 is 0.871 bits per heavy atom. The average molecular weight is 1840 g/mol. The normalized spacial score (nSPS) is 11.4. The molecule has 0 unspecified atom stereocenters. The molecule has 2 heterocycles. The van der Waals surface area contributed by atoms with Crippen molar-refractivity contribution in [2.45, 2.75) is 0 Å². The quantitative estimate of drug-likeness (QED) is 0.0290. The molecule has 26 nitrogen and oxygen atoms in total. The van der Waals surface area contributed by atoms with Crippen LogP contribution in [0.2, 0.25) is 0 Å². The van der Waals surface area contributed by atoms with Crippen LogP contribution in [0, 0.1) is 0 Å². The second kappa shape index (κ2) is 39.0. The summed E-state index contributed by atoms with van der Waals surface area (Å²) in [6.45, 7) is 0. The Bertz CT molecular complexity index is 8330. The lowest BCUT2D eigenvalue weighted by atomic mass is 9.83. The summed E-state index contributed by atoms with van der Waals surface area (Å²) in [5.41, 5.74) is 123.